The van der Waals surface area contributed by atoms with Gasteiger partial charge in [0.25, 0.3) is 0 Å². The topological polar surface area (TPSA) is 12.0 Å². The first-order valence-electron chi connectivity index (χ1n) is 7.43. The molecule has 0 fully saturated rings. The fraction of sp³-hybridized carbons (Fsp3) is 0.200. The summed E-state index contributed by atoms with van der Waals surface area (Å²) in [4.78, 5) is 0. The summed E-state index contributed by atoms with van der Waals surface area (Å²) in [6, 6.07) is 19.5. The first-order chi connectivity index (χ1) is 10.1. The smallest absolute Gasteiger partial charge is 0.0422 e. The number of hydrogen-bond acceptors (Lipinski definition) is 1. The van der Waals surface area contributed by atoms with Crippen LogP contribution < -0.4 is 5.32 Å². The fourth-order valence-electron chi connectivity index (χ4n) is 2.78. The van der Waals surface area contributed by atoms with Crippen molar-refractivity contribution in [3.05, 3.63) is 76.9 Å². The van der Waals surface area contributed by atoms with Crippen LogP contribution in [0.25, 0.3) is 10.8 Å². The summed E-state index contributed by atoms with van der Waals surface area (Å²) in [6.45, 7) is 7.40. The molecule has 1 heteroatoms. The average molecular weight is 275 g/mol. The first-order valence-corrected chi connectivity index (χ1v) is 7.43. The van der Waals surface area contributed by atoms with E-state index in [1.54, 1.807) is 0 Å². The van der Waals surface area contributed by atoms with E-state index >= 15 is 0 Å². The van der Waals surface area contributed by atoms with Crippen LogP contribution in [0.15, 0.2) is 54.6 Å². The summed E-state index contributed by atoms with van der Waals surface area (Å²) >= 11 is 0. The van der Waals surface area contributed by atoms with E-state index in [2.05, 4.69) is 80.7 Å². The molecular formula is C20H21N. The molecule has 0 bridgehead atoms. The molecule has 0 aliphatic rings. The summed E-state index contributed by atoms with van der Waals surface area (Å²) in [5.74, 6) is 0. The third kappa shape index (κ3) is 2.78. The highest BCUT2D eigenvalue weighted by molar-refractivity contribution is 5.93. The zero-order valence-corrected chi connectivity index (χ0v) is 12.9. The van der Waals surface area contributed by atoms with Crippen LogP contribution in [0.4, 0.5) is 5.69 Å². The lowest BCUT2D eigenvalue weighted by Gasteiger charge is -2.13. The van der Waals surface area contributed by atoms with Gasteiger partial charge in [-0.1, -0.05) is 48.5 Å². The number of hydrogen-bond donors (Lipinski definition) is 1. The van der Waals surface area contributed by atoms with Gasteiger partial charge in [-0.3, -0.25) is 0 Å². The molecule has 0 heterocycles. The largest absolute Gasteiger partial charge is 0.380 e. The third-order valence-electron chi connectivity index (χ3n) is 4.21. The predicted molar refractivity (Wildman–Crippen MR) is 91.9 cm³/mol. The number of rotatable bonds is 3. The van der Waals surface area contributed by atoms with E-state index < -0.39 is 0 Å². The molecule has 1 nitrogen and oxygen atoms in total. The molecule has 0 atom stereocenters. The lowest BCUT2D eigenvalue weighted by atomic mass is 10.0. The zero-order chi connectivity index (χ0) is 14.8. The molecule has 3 aromatic rings. The molecule has 3 aromatic carbocycles. The van der Waals surface area contributed by atoms with Gasteiger partial charge >= 0.3 is 0 Å². The van der Waals surface area contributed by atoms with E-state index in [1.807, 2.05) is 0 Å². The van der Waals surface area contributed by atoms with Gasteiger partial charge in [0.05, 0.1) is 0 Å². The number of fused-ring (bicyclic) bond motifs is 1. The molecule has 0 aromatic heterocycles. The Morgan fingerprint density at radius 2 is 1.48 bits per heavy atom. The molecule has 21 heavy (non-hydrogen) atoms. The van der Waals surface area contributed by atoms with Crippen molar-refractivity contribution in [3.63, 3.8) is 0 Å². The molecule has 0 radical (unpaired) electrons. The van der Waals surface area contributed by atoms with Gasteiger partial charge in [0.1, 0.15) is 0 Å². The molecule has 106 valence electrons. The third-order valence-corrected chi connectivity index (χ3v) is 4.21. The van der Waals surface area contributed by atoms with Crippen molar-refractivity contribution in [2.24, 2.45) is 0 Å². The van der Waals surface area contributed by atoms with Crippen molar-refractivity contribution in [1.29, 1.82) is 0 Å². The summed E-state index contributed by atoms with van der Waals surface area (Å²) in [5, 5.41) is 6.15. The van der Waals surface area contributed by atoms with Crippen LogP contribution in [0.3, 0.4) is 0 Å². The maximum Gasteiger partial charge on any atom is 0.0422 e. The Labute approximate surface area is 126 Å². The van der Waals surface area contributed by atoms with Crippen LogP contribution in [0.5, 0.6) is 0 Å². The van der Waals surface area contributed by atoms with Crippen LogP contribution in [0.1, 0.15) is 22.3 Å². The zero-order valence-electron chi connectivity index (χ0n) is 12.9. The van der Waals surface area contributed by atoms with Gasteiger partial charge in [0.2, 0.25) is 0 Å². The van der Waals surface area contributed by atoms with Crippen molar-refractivity contribution in [1.82, 2.24) is 0 Å². The van der Waals surface area contributed by atoms with E-state index in [-0.39, 0.29) is 0 Å². The maximum atomic E-state index is 3.59. The molecule has 0 aliphatic heterocycles. The molecule has 1 N–H and O–H groups in total. The molecular weight excluding hydrogens is 254 g/mol. The van der Waals surface area contributed by atoms with E-state index in [0.717, 1.165) is 6.54 Å². The molecule has 0 saturated heterocycles. The molecule has 0 aliphatic carbocycles. The minimum atomic E-state index is 0.862. The molecule has 0 spiro atoms. The van der Waals surface area contributed by atoms with Crippen molar-refractivity contribution >= 4 is 16.5 Å². The fourth-order valence-corrected chi connectivity index (χ4v) is 2.78. The Hall–Kier alpha value is -2.28. The Kier molecular flexibility index (Phi) is 3.66. The number of aryl methyl sites for hydroxylation is 3. The van der Waals surface area contributed by atoms with Gasteiger partial charge in [0, 0.05) is 17.6 Å². The van der Waals surface area contributed by atoms with Crippen LogP contribution >= 0.6 is 0 Å². The van der Waals surface area contributed by atoms with Gasteiger partial charge in [0.15, 0.2) is 0 Å². The van der Waals surface area contributed by atoms with Crippen LogP contribution in [-0.2, 0) is 6.54 Å². The molecule has 0 unspecified atom stereocenters. The highest BCUT2D eigenvalue weighted by Gasteiger charge is 2.04. The Balaban J connectivity index is 1.89. The monoisotopic (exact) mass is 275 g/mol. The predicted octanol–water partition coefficient (Wildman–Crippen LogP) is 5.38. The average Bonchev–Trinajstić information content (AvgIpc) is 2.49. The van der Waals surface area contributed by atoms with E-state index in [0.29, 0.717) is 0 Å². The summed E-state index contributed by atoms with van der Waals surface area (Å²) in [6.07, 6.45) is 0. The van der Waals surface area contributed by atoms with Crippen molar-refractivity contribution in [2.45, 2.75) is 27.3 Å². The summed E-state index contributed by atoms with van der Waals surface area (Å²) in [5.41, 5.74) is 6.64. The highest BCUT2D eigenvalue weighted by atomic mass is 14.9. The van der Waals surface area contributed by atoms with Crippen molar-refractivity contribution in [3.8, 4) is 0 Å². The standard InChI is InChI=1S/C20H21N/c1-14-11-16(3)18(12-15(14)2)13-21-20-10-6-8-17-7-4-5-9-19(17)20/h4-12,21H,13H2,1-3H3. The Morgan fingerprint density at radius 1 is 0.762 bits per heavy atom. The van der Waals surface area contributed by atoms with Gasteiger partial charge in [-0.25, -0.2) is 0 Å². The second-order valence-corrected chi connectivity index (χ2v) is 5.74. The highest BCUT2D eigenvalue weighted by Crippen LogP contribution is 2.24. The summed E-state index contributed by atoms with van der Waals surface area (Å²) < 4.78 is 0. The van der Waals surface area contributed by atoms with E-state index in [1.165, 1.54) is 38.7 Å². The minimum absolute atomic E-state index is 0.862. The molecule has 3 rings (SSSR count). The van der Waals surface area contributed by atoms with Gasteiger partial charge in [-0.15, -0.1) is 0 Å². The Bertz CT molecular complexity index is 782. The van der Waals surface area contributed by atoms with Gasteiger partial charge < -0.3 is 5.32 Å². The summed E-state index contributed by atoms with van der Waals surface area (Å²) in [7, 11) is 0. The van der Waals surface area contributed by atoms with E-state index in [9.17, 15) is 0 Å². The lowest BCUT2D eigenvalue weighted by molar-refractivity contribution is 1.10. The van der Waals surface area contributed by atoms with Crippen LogP contribution in [0, 0.1) is 20.8 Å². The van der Waals surface area contributed by atoms with Gasteiger partial charge in [-0.2, -0.15) is 0 Å². The molecule has 0 saturated carbocycles. The maximum absolute atomic E-state index is 3.59. The number of nitrogens with one attached hydrogen (secondary N) is 1. The van der Waals surface area contributed by atoms with E-state index in [4.69, 9.17) is 0 Å². The quantitative estimate of drug-likeness (QED) is 0.677. The SMILES string of the molecule is Cc1cc(C)c(CNc2cccc3ccccc23)cc1C. The van der Waals surface area contributed by atoms with Crippen molar-refractivity contribution in [2.75, 3.05) is 5.32 Å². The van der Waals surface area contributed by atoms with Crippen LogP contribution in [0.2, 0.25) is 0 Å². The second kappa shape index (κ2) is 5.61. The first kappa shape index (κ1) is 13.7. The normalized spacial score (nSPS) is 10.8. The number of benzene rings is 3. The van der Waals surface area contributed by atoms with Crippen molar-refractivity contribution < 1.29 is 0 Å². The second-order valence-electron chi connectivity index (χ2n) is 5.74. The molecule has 0 amide bonds. The number of anilines is 1. The Morgan fingerprint density at radius 3 is 2.33 bits per heavy atom. The van der Waals surface area contributed by atoms with Crippen LogP contribution in [-0.4, -0.2) is 0 Å². The minimum Gasteiger partial charge on any atom is -0.380 e. The lowest BCUT2D eigenvalue weighted by Crippen LogP contribution is -2.03. The van der Waals surface area contributed by atoms with Gasteiger partial charge in [-0.05, 0) is 54.5 Å².